The molecule has 1 saturated heterocycles. The molecular formula is C15H22N2O. The van der Waals surface area contributed by atoms with Crippen molar-refractivity contribution < 1.29 is 4.79 Å². The Bertz CT molecular complexity index is 442. The molecule has 1 aliphatic heterocycles. The molecule has 0 saturated carbocycles. The fourth-order valence-electron chi connectivity index (χ4n) is 2.61. The van der Waals surface area contributed by atoms with E-state index in [1.165, 1.54) is 5.56 Å². The number of hydrogen-bond donors (Lipinski definition) is 1. The number of anilines is 1. The topological polar surface area (TPSA) is 32.3 Å². The standard InChI is InChI=1S/C15H22N2O/c1-11-4-5-14(12(2)8-11)16-15(18)9-13-6-7-17(3)10-13/h4-5,8,13H,6-7,9-10H2,1-3H3,(H,16,18). The van der Waals surface area contributed by atoms with Gasteiger partial charge in [0.2, 0.25) is 5.91 Å². The molecule has 0 aromatic heterocycles. The van der Waals surface area contributed by atoms with Crippen molar-refractivity contribution in [2.24, 2.45) is 5.92 Å². The van der Waals surface area contributed by atoms with Crippen LogP contribution in [0.1, 0.15) is 24.0 Å². The number of likely N-dealkylation sites (tertiary alicyclic amines) is 1. The third-order valence-corrected chi connectivity index (χ3v) is 3.62. The summed E-state index contributed by atoms with van der Waals surface area (Å²) in [6.45, 7) is 6.25. The number of rotatable bonds is 3. The summed E-state index contributed by atoms with van der Waals surface area (Å²) in [5, 5.41) is 3.02. The van der Waals surface area contributed by atoms with Crippen molar-refractivity contribution in [2.75, 3.05) is 25.5 Å². The molecule has 3 nitrogen and oxygen atoms in total. The zero-order chi connectivity index (χ0) is 13.1. The van der Waals surface area contributed by atoms with Gasteiger partial charge in [-0.2, -0.15) is 0 Å². The van der Waals surface area contributed by atoms with E-state index in [1.54, 1.807) is 0 Å². The Kier molecular flexibility index (Phi) is 4.02. The molecule has 1 fully saturated rings. The van der Waals surface area contributed by atoms with Crippen LogP contribution in [0.25, 0.3) is 0 Å². The van der Waals surface area contributed by atoms with Crippen molar-refractivity contribution >= 4 is 11.6 Å². The average Bonchev–Trinajstić information content (AvgIpc) is 2.68. The van der Waals surface area contributed by atoms with Crippen LogP contribution < -0.4 is 5.32 Å². The van der Waals surface area contributed by atoms with E-state index in [2.05, 4.69) is 30.3 Å². The highest BCUT2D eigenvalue weighted by atomic mass is 16.1. The van der Waals surface area contributed by atoms with Crippen molar-refractivity contribution in [3.63, 3.8) is 0 Å². The number of nitrogens with zero attached hydrogens (tertiary/aromatic N) is 1. The second kappa shape index (κ2) is 5.53. The maximum absolute atomic E-state index is 12.0. The fraction of sp³-hybridized carbons (Fsp3) is 0.533. The third kappa shape index (κ3) is 3.33. The van der Waals surface area contributed by atoms with Crippen LogP contribution in [0.3, 0.4) is 0 Å². The molecule has 1 atom stereocenters. The van der Waals surface area contributed by atoms with Crippen molar-refractivity contribution in [1.29, 1.82) is 0 Å². The molecule has 1 aromatic rings. The summed E-state index contributed by atoms with van der Waals surface area (Å²) in [6.07, 6.45) is 1.77. The first-order chi connectivity index (χ1) is 8.54. The average molecular weight is 246 g/mol. The molecule has 1 unspecified atom stereocenters. The van der Waals surface area contributed by atoms with E-state index in [-0.39, 0.29) is 5.91 Å². The van der Waals surface area contributed by atoms with Gasteiger partial charge in [-0.3, -0.25) is 4.79 Å². The van der Waals surface area contributed by atoms with Crippen molar-refractivity contribution in [3.8, 4) is 0 Å². The Morgan fingerprint density at radius 2 is 2.22 bits per heavy atom. The van der Waals surface area contributed by atoms with Gasteiger partial charge in [0.05, 0.1) is 0 Å². The van der Waals surface area contributed by atoms with E-state index in [9.17, 15) is 4.79 Å². The van der Waals surface area contributed by atoms with E-state index in [0.717, 1.165) is 30.8 Å². The van der Waals surface area contributed by atoms with Gasteiger partial charge < -0.3 is 10.2 Å². The van der Waals surface area contributed by atoms with Crippen molar-refractivity contribution in [1.82, 2.24) is 4.90 Å². The Hall–Kier alpha value is -1.35. The number of hydrogen-bond acceptors (Lipinski definition) is 2. The predicted molar refractivity (Wildman–Crippen MR) is 74.8 cm³/mol. The molecule has 0 aliphatic carbocycles. The van der Waals surface area contributed by atoms with Gasteiger partial charge in [0.15, 0.2) is 0 Å². The highest BCUT2D eigenvalue weighted by Crippen LogP contribution is 2.20. The highest BCUT2D eigenvalue weighted by Gasteiger charge is 2.22. The number of nitrogens with one attached hydrogen (secondary N) is 1. The molecule has 1 heterocycles. The summed E-state index contributed by atoms with van der Waals surface area (Å²) in [5.74, 6) is 0.656. The summed E-state index contributed by atoms with van der Waals surface area (Å²) in [5.41, 5.74) is 3.30. The fourth-order valence-corrected chi connectivity index (χ4v) is 2.61. The molecule has 1 aliphatic rings. The summed E-state index contributed by atoms with van der Waals surface area (Å²) in [6, 6.07) is 6.12. The van der Waals surface area contributed by atoms with Gasteiger partial charge in [-0.05, 0) is 51.4 Å². The zero-order valence-corrected chi connectivity index (χ0v) is 11.5. The summed E-state index contributed by atoms with van der Waals surface area (Å²) < 4.78 is 0. The molecule has 0 bridgehead atoms. The van der Waals surface area contributed by atoms with Gasteiger partial charge in [-0.25, -0.2) is 0 Å². The quantitative estimate of drug-likeness (QED) is 0.889. The Morgan fingerprint density at radius 3 is 2.83 bits per heavy atom. The second-order valence-electron chi connectivity index (χ2n) is 5.49. The lowest BCUT2D eigenvalue weighted by atomic mass is 10.0. The first-order valence-electron chi connectivity index (χ1n) is 6.60. The molecule has 0 spiro atoms. The van der Waals surface area contributed by atoms with E-state index >= 15 is 0 Å². The third-order valence-electron chi connectivity index (χ3n) is 3.62. The molecule has 98 valence electrons. The van der Waals surface area contributed by atoms with E-state index < -0.39 is 0 Å². The van der Waals surface area contributed by atoms with E-state index in [4.69, 9.17) is 0 Å². The smallest absolute Gasteiger partial charge is 0.224 e. The largest absolute Gasteiger partial charge is 0.326 e. The van der Waals surface area contributed by atoms with Gasteiger partial charge in [0.25, 0.3) is 0 Å². The molecule has 18 heavy (non-hydrogen) atoms. The predicted octanol–water partition coefficient (Wildman–Crippen LogP) is 2.58. The van der Waals surface area contributed by atoms with Crippen LogP contribution in [-0.2, 0) is 4.79 Å². The van der Waals surface area contributed by atoms with Crippen LogP contribution in [-0.4, -0.2) is 30.9 Å². The van der Waals surface area contributed by atoms with Crippen LogP contribution in [0, 0.1) is 19.8 Å². The maximum atomic E-state index is 12.0. The van der Waals surface area contributed by atoms with Gasteiger partial charge in [-0.1, -0.05) is 17.7 Å². The van der Waals surface area contributed by atoms with E-state index in [0.29, 0.717) is 12.3 Å². The number of amides is 1. The SMILES string of the molecule is Cc1ccc(NC(=O)CC2CCN(C)C2)c(C)c1. The van der Waals surface area contributed by atoms with Crippen molar-refractivity contribution in [2.45, 2.75) is 26.7 Å². The molecular weight excluding hydrogens is 224 g/mol. The summed E-state index contributed by atoms with van der Waals surface area (Å²) in [7, 11) is 2.11. The monoisotopic (exact) mass is 246 g/mol. The maximum Gasteiger partial charge on any atom is 0.224 e. The minimum atomic E-state index is 0.141. The van der Waals surface area contributed by atoms with Crippen molar-refractivity contribution in [3.05, 3.63) is 29.3 Å². The number of benzene rings is 1. The lowest BCUT2D eigenvalue weighted by Crippen LogP contribution is -2.19. The molecule has 3 heteroatoms. The van der Waals surface area contributed by atoms with Crippen LogP contribution >= 0.6 is 0 Å². The lowest BCUT2D eigenvalue weighted by molar-refractivity contribution is -0.117. The van der Waals surface area contributed by atoms with Gasteiger partial charge in [0.1, 0.15) is 0 Å². The number of aryl methyl sites for hydroxylation is 2. The minimum Gasteiger partial charge on any atom is -0.326 e. The van der Waals surface area contributed by atoms with E-state index in [1.807, 2.05) is 19.1 Å². The Morgan fingerprint density at radius 1 is 1.44 bits per heavy atom. The highest BCUT2D eigenvalue weighted by molar-refractivity contribution is 5.91. The second-order valence-corrected chi connectivity index (χ2v) is 5.49. The van der Waals surface area contributed by atoms with Crippen LogP contribution in [0.2, 0.25) is 0 Å². The number of carbonyl (C=O) groups is 1. The first kappa shape index (κ1) is 13.1. The molecule has 0 radical (unpaired) electrons. The lowest BCUT2D eigenvalue weighted by Gasteiger charge is -2.12. The molecule has 1 N–H and O–H groups in total. The Balaban J connectivity index is 1.91. The molecule has 1 amide bonds. The summed E-state index contributed by atoms with van der Waals surface area (Å²) >= 11 is 0. The zero-order valence-electron chi connectivity index (χ0n) is 11.5. The van der Waals surface area contributed by atoms with Crippen LogP contribution in [0.5, 0.6) is 0 Å². The number of carbonyl (C=O) groups excluding carboxylic acids is 1. The Labute approximate surface area is 109 Å². The minimum absolute atomic E-state index is 0.141. The van der Waals surface area contributed by atoms with Crippen LogP contribution in [0.4, 0.5) is 5.69 Å². The molecule has 2 rings (SSSR count). The van der Waals surface area contributed by atoms with Gasteiger partial charge in [-0.15, -0.1) is 0 Å². The summed E-state index contributed by atoms with van der Waals surface area (Å²) in [4.78, 5) is 14.3. The van der Waals surface area contributed by atoms with Gasteiger partial charge >= 0.3 is 0 Å². The first-order valence-corrected chi connectivity index (χ1v) is 6.60. The molecule has 1 aromatic carbocycles. The van der Waals surface area contributed by atoms with Crippen LogP contribution in [0.15, 0.2) is 18.2 Å². The normalized spacial score (nSPS) is 20.1. The van der Waals surface area contributed by atoms with Gasteiger partial charge in [0, 0.05) is 18.7 Å².